The maximum absolute atomic E-state index is 15.3. The molecule has 8 atom stereocenters. The van der Waals surface area contributed by atoms with Gasteiger partial charge in [0.05, 0.1) is 31.7 Å². The molecule has 17 N–H and O–H groups in total. The number of phenolic OH excluding ortho intramolecular Hbond substituents is 1. The average molecular weight is 1340 g/mol. The molecule has 1 fully saturated rings. The second-order valence-electron chi connectivity index (χ2n) is 25.4. The van der Waals surface area contributed by atoms with Crippen molar-refractivity contribution < 1.29 is 62.5 Å². The molecule has 0 radical (unpaired) electrons. The fourth-order valence-electron chi connectivity index (χ4n) is 12.1. The number of methoxy groups -OCH3 is 1. The number of nitrogens with two attached hydrogens (primary N) is 4. The molecule has 4 aromatic rings. The number of Topliss-reactive ketones (excluding diaryl/α,β-unsaturated/α-hetero) is 3. The maximum Gasteiger partial charge on any atom is 0.243 e. The summed E-state index contributed by atoms with van der Waals surface area (Å²) in [6.45, 7) is 5.75. The van der Waals surface area contributed by atoms with Crippen molar-refractivity contribution in [3.63, 3.8) is 0 Å². The molecule has 26 nitrogen and oxygen atoms in total. The van der Waals surface area contributed by atoms with Gasteiger partial charge < -0.3 is 74.3 Å². The van der Waals surface area contributed by atoms with E-state index in [0.717, 1.165) is 35.6 Å². The standard InChI is InChI=1S/C71H101N13O13/c1-45(2)37-51(43-62(88)58(41-49-21-13-20-48-19-10-11-24-55(48)49)82-66(92)52(38-47-27-29-53(85)30-28-47)40-54(86)23-9-4-5-12-34-97-36-35-96-3)65(91)81-57(39-46-17-7-6-8-18-46)61(87)42-50(22-14-31-78-70(74)75)69(95)84-33-16-26-60(84)68(94)80-56(25-15-32-79-71(76)77)67(93)83-59(64(73)90)44-63(72)89/h6-8,10-11,13,17-21,24,27-30,45,50-52,56-60,85H,4-5,9,12,14-16,22-23,25-26,31-44H2,1-3H3,(H2,72,89)(H2,73,90)(H,80,94)(H,81,91)(H,82,92)(H,83,93)(H4,74,75,78)(H4,76,77,79)/t50-,51-,52-,56+,57+,58+,59+,60+/m1/s1. The number of nitrogens with zero attached hydrogens (tertiary/aromatic N) is 1. The largest absolute Gasteiger partial charge is 0.508 e. The Labute approximate surface area is 568 Å². The lowest BCUT2D eigenvalue weighted by molar-refractivity contribution is -0.144. The number of phenols is 1. The van der Waals surface area contributed by atoms with Crippen LogP contribution in [-0.4, -0.2) is 157 Å². The number of fused-ring (bicyclic) bond motifs is 1. The molecule has 4 aromatic carbocycles. The minimum atomic E-state index is -1.50. The van der Waals surface area contributed by atoms with Gasteiger partial charge in [0.1, 0.15) is 29.7 Å². The van der Waals surface area contributed by atoms with Crippen molar-refractivity contribution in [1.82, 2.24) is 36.8 Å². The molecule has 0 spiro atoms. The molecule has 97 heavy (non-hydrogen) atoms. The number of amides is 7. The fraction of sp³-hybridized carbons (Fsp3) is 0.521. The van der Waals surface area contributed by atoms with Crippen molar-refractivity contribution in [1.29, 1.82) is 10.8 Å². The molecule has 0 aromatic heterocycles. The van der Waals surface area contributed by atoms with E-state index in [1.807, 2.05) is 56.3 Å². The highest BCUT2D eigenvalue weighted by atomic mass is 16.5. The van der Waals surface area contributed by atoms with Crippen LogP contribution in [0.2, 0.25) is 0 Å². The highest BCUT2D eigenvalue weighted by molar-refractivity contribution is 5.99. The molecule has 0 unspecified atom stereocenters. The second kappa shape index (κ2) is 41.6. The van der Waals surface area contributed by atoms with E-state index in [-0.39, 0.29) is 126 Å². The Morgan fingerprint density at radius 1 is 0.577 bits per heavy atom. The lowest BCUT2D eigenvalue weighted by Gasteiger charge is -2.30. The van der Waals surface area contributed by atoms with Crippen LogP contribution in [0.25, 0.3) is 10.8 Å². The predicted molar refractivity (Wildman–Crippen MR) is 368 cm³/mol. The SMILES string of the molecule is COCCOCCCCCCC(=O)C[C@@H](Cc1ccc(O)cc1)C(=O)N[C@@H](Cc1cccc2ccccc12)C(=O)C[C@@H](CC(C)C)C(=O)N[C@@H](Cc1ccccc1)C(=O)C[C@@H](CCCNC(=N)N)C(=O)N1CCC[C@H]1C(=O)N[C@@H](CCCNC(=N)N)C(=O)N[C@@H](CC(N)=O)C(N)=O. The molecular weight excluding hydrogens is 1240 g/mol. The lowest BCUT2D eigenvalue weighted by atomic mass is 9.86. The number of hydrogen-bond acceptors (Lipinski definition) is 15. The maximum atomic E-state index is 15.3. The van der Waals surface area contributed by atoms with Gasteiger partial charge in [-0.05, 0) is 116 Å². The number of carbonyl (C=O) groups is 10. The molecule has 7 amide bonds. The first kappa shape index (κ1) is 78.4. The minimum absolute atomic E-state index is 0.0120. The zero-order chi connectivity index (χ0) is 70.8. The van der Waals surface area contributed by atoms with Crippen LogP contribution in [0.4, 0.5) is 0 Å². The third-order valence-corrected chi connectivity index (χ3v) is 17.1. The van der Waals surface area contributed by atoms with Crippen molar-refractivity contribution >= 4 is 81.4 Å². The van der Waals surface area contributed by atoms with Gasteiger partial charge in [-0.15, -0.1) is 0 Å². The van der Waals surface area contributed by atoms with Crippen molar-refractivity contribution in [2.24, 2.45) is 46.6 Å². The van der Waals surface area contributed by atoms with Crippen molar-refractivity contribution in [3.05, 3.63) is 114 Å². The first-order valence-corrected chi connectivity index (χ1v) is 33.6. The summed E-state index contributed by atoms with van der Waals surface area (Å²) >= 11 is 0. The Morgan fingerprint density at radius 2 is 1.18 bits per heavy atom. The molecule has 1 aliphatic heterocycles. The van der Waals surface area contributed by atoms with E-state index in [9.17, 15) is 33.9 Å². The minimum Gasteiger partial charge on any atom is -0.508 e. The summed E-state index contributed by atoms with van der Waals surface area (Å²) in [5.41, 5.74) is 24.0. The van der Waals surface area contributed by atoms with E-state index in [2.05, 4.69) is 31.9 Å². The number of carbonyl (C=O) groups excluding carboxylic acids is 10. The molecule has 0 saturated carbocycles. The Kier molecular flexibility index (Phi) is 33.6. The number of benzene rings is 4. The Hall–Kier alpha value is -9.30. The number of nitrogens with one attached hydrogen (secondary N) is 8. The number of likely N-dealkylation sites (tertiary alicyclic amines) is 1. The average Bonchev–Trinajstić information content (AvgIpc) is 1.82. The predicted octanol–water partition coefficient (Wildman–Crippen LogP) is 3.78. The van der Waals surface area contributed by atoms with E-state index in [1.165, 1.54) is 17.0 Å². The number of rotatable bonds is 46. The van der Waals surface area contributed by atoms with Gasteiger partial charge in [0.25, 0.3) is 0 Å². The summed E-state index contributed by atoms with van der Waals surface area (Å²) in [7, 11) is 1.61. The van der Waals surface area contributed by atoms with Crippen LogP contribution in [0.1, 0.15) is 133 Å². The van der Waals surface area contributed by atoms with Gasteiger partial charge in [0.15, 0.2) is 23.5 Å². The highest BCUT2D eigenvalue weighted by Crippen LogP contribution is 2.28. The van der Waals surface area contributed by atoms with Crippen LogP contribution in [-0.2, 0) is 76.7 Å². The van der Waals surface area contributed by atoms with Crippen molar-refractivity contribution in [2.75, 3.05) is 46.6 Å². The van der Waals surface area contributed by atoms with Crippen LogP contribution in [0, 0.1) is 34.5 Å². The third kappa shape index (κ3) is 28.1. The lowest BCUT2D eigenvalue weighted by Crippen LogP contribution is -2.57. The van der Waals surface area contributed by atoms with Gasteiger partial charge in [0.2, 0.25) is 41.4 Å². The molecule has 1 saturated heterocycles. The molecule has 5 rings (SSSR count). The van der Waals surface area contributed by atoms with Gasteiger partial charge in [0, 0.05) is 83.2 Å². The molecule has 1 aliphatic rings. The van der Waals surface area contributed by atoms with E-state index >= 15 is 19.2 Å². The van der Waals surface area contributed by atoms with E-state index in [1.54, 1.807) is 49.6 Å². The highest BCUT2D eigenvalue weighted by Gasteiger charge is 2.41. The van der Waals surface area contributed by atoms with Gasteiger partial charge in [-0.2, -0.15) is 0 Å². The molecule has 26 heteroatoms. The first-order chi connectivity index (χ1) is 46.4. The topological polar surface area (TPSA) is 437 Å². The summed E-state index contributed by atoms with van der Waals surface area (Å²) in [5, 5.41) is 43.6. The quantitative estimate of drug-likeness (QED) is 0.0170. The second-order valence-corrected chi connectivity index (χ2v) is 25.4. The van der Waals surface area contributed by atoms with Gasteiger partial charge >= 0.3 is 0 Å². The number of primary amides is 2. The fourth-order valence-corrected chi connectivity index (χ4v) is 12.1. The summed E-state index contributed by atoms with van der Waals surface area (Å²) in [5.74, 6) is -10.2. The number of unbranched alkanes of at least 4 members (excludes halogenated alkanes) is 3. The van der Waals surface area contributed by atoms with Crippen LogP contribution in [0.15, 0.2) is 97.1 Å². The Bertz CT molecular complexity index is 3270. The monoisotopic (exact) mass is 1340 g/mol. The van der Waals surface area contributed by atoms with Crippen molar-refractivity contribution in [2.45, 2.75) is 166 Å². The van der Waals surface area contributed by atoms with Gasteiger partial charge in [-0.3, -0.25) is 58.8 Å². The van der Waals surface area contributed by atoms with Crippen molar-refractivity contribution in [3.8, 4) is 5.75 Å². The summed E-state index contributed by atoms with van der Waals surface area (Å²) in [6, 6.07) is 22.2. The number of ketones is 3. The number of ether oxygens (including phenoxy) is 2. The normalized spacial score (nSPS) is 15.0. The first-order valence-electron chi connectivity index (χ1n) is 33.6. The van der Waals surface area contributed by atoms with Gasteiger partial charge in [-0.25, -0.2) is 0 Å². The summed E-state index contributed by atoms with van der Waals surface area (Å²) in [6.07, 6.45) is 3.13. The van der Waals surface area contributed by atoms with Gasteiger partial charge in [-0.1, -0.05) is 112 Å². The molecule has 528 valence electrons. The number of hydrogen-bond donors (Lipinski definition) is 13. The number of aromatic hydroxyl groups is 1. The van der Waals surface area contributed by atoms with E-state index < -0.39 is 114 Å². The third-order valence-electron chi connectivity index (χ3n) is 17.1. The van der Waals surface area contributed by atoms with Crippen LogP contribution in [0.5, 0.6) is 5.75 Å². The van der Waals surface area contributed by atoms with E-state index in [0.29, 0.717) is 43.8 Å². The Balaban J connectivity index is 1.43. The molecule has 1 heterocycles. The van der Waals surface area contributed by atoms with Crippen LogP contribution >= 0.6 is 0 Å². The zero-order valence-corrected chi connectivity index (χ0v) is 56.2. The summed E-state index contributed by atoms with van der Waals surface area (Å²) < 4.78 is 10.6. The Morgan fingerprint density at radius 3 is 1.82 bits per heavy atom. The molecule has 0 bridgehead atoms. The van der Waals surface area contributed by atoms with Crippen LogP contribution in [0.3, 0.4) is 0 Å². The molecular formula is C71H101N13O13. The van der Waals surface area contributed by atoms with E-state index in [4.69, 9.17) is 43.2 Å². The number of guanidine groups is 2. The molecule has 0 aliphatic carbocycles. The zero-order valence-electron chi connectivity index (χ0n) is 56.2. The van der Waals surface area contributed by atoms with Crippen LogP contribution < -0.4 is 54.8 Å². The summed E-state index contributed by atoms with van der Waals surface area (Å²) in [4.78, 5) is 143. The smallest absolute Gasteiger partial charge is 0.243 e.